The lowest BCUT2D eigenvalue weighted by atomic mass is 10.0. The molecule has 5 nitrogen and oxygen atoms in total. The average Bonchev–Trinajstić information content (AvgIpc) is 2.64. The van der Waals surface area contributed by atoms with Crippen LogP contribution in [0.4, 0.5) is 4.79 Å². The number of carboxylic acids is 1. The molecule has 3 atom stereocenters. The van der Waals surface area contributed by atoms with E-state index in [1.165, 1.54) is 0 Å². The Kier molecular flexibility index (Phi) is 5.44. The first kappa shape index (κ1) is 14.8. The van der Waals surface area contributed by atoms with E-state index >= 15 is 0 Å². The van der Waals surface area contributed by atoms with Crippen molar-refractivity contribution in [3.63, 3.8) is 0 Å². The Morgan fingerprint density at radius 1 is 1.33 bits per heavy atom. The number of likely N-dealkylation sites (tertiary alicyclic amines) is 1. The summed E-state index contributed by atoms with van der Waals surface area (Å²) in [7, 11) is 0. The third-order valence-corrected chi connectivity index (χ3v) is 3.79. The highest BCUT2D eigenvalue weighted by atomic mass is 16.4. The summed E-state index contributed by atoms with van der Waals surface area (Å²) in [5.41, 5.74) is 0. The van der Waals surface area contributed by atoms with Gasteiger partial charge in [-0.25, -0.2) is 4.79 Å². The van der Waals surface area contributed by atoms with E-state index < -0.39 is 5.97 Å². The van der Waals surface area contributed by atoms with Gasteiger partial charge in [-0.2, -0.15) is 0 Å². The van der Waals surface area contributed by atoms with Gasteiger partial charge in [0.2, 0.25) is 0 Å². The molecule has 5 heteroatoms. The second kappa shape index (κ2) is 6.61. The lowest BCUT2D eigenvalue weighted by Crippen LogP contribution is -2.39. The van der Waals surface area contributed by atoms with Crippen LogP contribution in [0, 0.1) is 17.8 Å². The topological polar surface area (TPSA) is 69.6 Å². The fourth-order valence-electron chi connectivity index (χ4n) is 2.13. The summed E-state index contributed by atoms with van der Waals surface area (Å²) in [4.78, 5) is 24.3. The maximum atomic E-state index is 11.8. The van der Waals surface area contributed by atoms with Gasteiger partial charge in [-0.3, -0.25) is 4.79 Å². The van der Waals surface area contributed by atoms with Crippen LogP contribution in [0.1, 0.15) is 33.6 Å². The highest BCUT2D eigenvalue weighted by molar-refractivity contribution is 5.74. The molecule has 1 aliphatic heterocycles. The molecule has 1 fully saturated rings. The van der Waals surface area contributed by atoms with Crippen LogP contribution in [0.25, 0.3) is 0 Å². The molecule has 0 saturated carbocycles. The number of rotatable bonds is 5. The fourth-order valence-corrected chi connectivity index (χ4v) is 2.13. The number of carboxylic acid groups (broad SMARTS) is 1. The largest absolute Gasteiger partial charge is 0.481 e. The normalized spacial score (nSPS) is 24.9. The van der Waals surface area contributed by atoms with Gasteiger partial charge in [-0.1, -0.05) is 20.8 Å². The van der Waals surface area contributed by atoms with Crippen molar-refractivity contribution in [1.29, 1.82) is 0 Å². The molecule has 3 unspecified atom stereocenters. The first-order chi connectivity index (χ1) is 8.41. The molecule has 104 valence electrons. The zero-order valence-electron chi connectivity index (χ0n) is 11.5. The minimum absolute atomic E-state index is 0.0193. The molecule has 0 aliphatic carbocycles. The summed E-state index contributed by atoms with van der Waals surface area (Å²) in [6.07, 6.45) is 1.31. The third kappa shape index (κ3) is 4.20. The molecule has 2 amide bonds. The van der Waals surface area contributed by atoms with Gasteiger partial charge >= 0.3 is 12.0 Å². The predicted octanol–water partition coefficient (Wildman–Crippen LogP) is 1.78. The van der Waals surface area contributed by atoms with Crippen molar-refractivity contribution >= 4 is 12.0 Å². The van der Waals surface area contributed by atoms with Gasteiger partial charge in [0.15, 0.2) is 0 Å². The van der Waals surface area contributed by atoms with E-state index in [1.807, 2.05) is 4.90 Å². The van der Waals surface area contributed by atoms with Gasteiger partial charge in [-0.15, -0.1) is 0 Å². The molecule has 1 heterocycles. The van der Waals surface area contributed by atoms with Gasteiger partial charge in [0.05, 0.1) is 5.92 Å². The van der Waals surface area contributed by atoms with Crippen LogP contribution in [-0.4, -0.2) is 41.6 Å². The molecule has 1 saturated heterocycles. The number of amides is 2. The lowest BCUT2D eigenvalue weighted by Gasteiger charge is -2.17. The van der Waals surface area contributed by atoms with Gasteiger partial charge in [0.1, 0.15) is 0 Å². The van der Waals surface area contributed by atoms with Crippen molar-refractivity contribution in [1.82, 2.24) is 10.2 Å². The third-order valence-electron chi connectivity index (χ3n) is 3.79. The number of nitrogens with zero attached hydrogens (tertiary/aromatic N) is 1. The van der Waals surface area contributed by atoms with Gasteiger partial charge < -0.3 is 15.3 Å². The van der Waals surface area contributed by atoms with Crippen molar-refractivity contribution < 1.29 is 14.7 Å². The molecule has 0 aromatic heterocycles. The minimum atomic E-state index is -0.775. The summed E-state index contributed by atoms with van der Waals surface area (Å²) in [5.74, 6) is 0.00261. The number of carbonyl (C=O) groups is 2. The van der Waals surface area contributed by atoms with E-state index in [-0.39, 0.29) is 11.9 Å². The Morgan fingerprint density at radius 2 is 1.89 bits per heavy atom. The molecule has 0 aromatic rings. The molecule has 0 aromatic carbocycles. The number of nitrogens with one attached hydrogen (secondary N) is 1. The van der Waals surface area contributed by atoms with Crippen molar-refractivity contribution in [3.05, 3.63) is 0 Å². The van der Waals surface area contributed by atoms with Crippen LogP contribution in [0.3, 0.4) is 0 Å². The van der Waals surface area contributed by atoms with Crippen molar-refractivity contribution in [2.45, 2.75) is 33.6 Å². The Morgan fingerprint density at radius 3 is 2.39 bits per heavy atom. The smallest absolute Gasteiger partial charge is 0.317 e. The zero-order chi connectivity index (χ0) is 13.7. The minimum Gasteiger partial charge on any atom is -0.481 e. The van der Waals surface area contributed by atoms with Crippen molar-refractivity contribution in [2.75, 3.05) is 19.6 Å². The van der Waals surface area contributed by atoms with E-state index in [1.54, 1.807) is 6.92 Å². The number of hydrogen-bond donors (Lipinski definition) is 2. The number of hydrogen-bond acceptors (Lipinski definition) is 2. The molecular formula is C13H24N2O3. The number of urea groups is 1. The Hall–Kier alpha value is -1.26. The first-order valence-electron chi connectivity index (χ1n) is 6.67. The highest BCUT2D eigenvalue weighted by Crippen LogP contribution is 2.21. The van der Waals surface area contributed by atoms with E-state index in [0.29, 0.717) is 31.2 Å². The van der Waals surface area contributed by atoms with Crippen LogP contribution in [0.15, 0.2) is 0 Å². The van der Waals surface area contributed by atoms with E-state index in [2.05, 4.69) is 19.2 Å². The van der Waals surface area contributed by atoms with E-state index in [0.717, 1.165) is 13.1 Å². The highest BCUT2D eigenvalue weighted by Gasteiger charge is 2.28. The Bertz CT molecular complexity index is 297. The number of carbonyl (C=O) groups excluding carboxylic acids is 1. The van der Waals surface area contributed by atoms with Crippen molar-refractivity contribution in [2.24, 2.45) is 17.8 Å². The van der Waals surface area contributed by atoms with Crippen LogP contribution in [0.5, 0.6) is 0 Å². The standard InChI is InChI=1S/C13H24N2O3/c1-9(12(16)17)5-4-6-14-13(18)15-7-10(2)11(3)8-15/h9-11H,4-8H2,1-3H3,(H,14,18)(H,16,17). The SMILES string of the molecule is CC(CCCNC(=O)N1CC(C)C(C)C1)C(=O)O. The van der Waals surface area contributed by atoms with Gasteiger partial charge in [-0.05, 0) is 24.7 Å². The Labute approximate surface area is 109 Å². The van der Waals surface area contributed by atoms with Crippen LogP contribution in [0.2, 0.25) is 0 Å². The monoisotopic (exact) mass is 256 g/mol. The molecule has 0 radical (unpaired) electrons. The first-order valence-corrected chi connectivity index (χ1v) is 6.67. The molecule has 1 aliphatic rings. The van der Waals surface area contributed by atoms with Crippen molar-refractivity contribution in [3.8, 4) is 0 Å². The van der Waals surface area contributed by atoms with Crippen LogP contribution in [-0.2, 0) is 4.79 Å². The maximum Gasteiger partial charge on any atom is 0.317 e. The molecular weight excluding hydrogens is 232 g/mol. The lowest BCUT2D eigenvalue weighted by molar-refractivity contribution is -0.141. The summed E-state index contributed by atoms with van der Waals surface area (Å²) in [6, 6.07) is -0.0193. The summed E-state index contributed by atoms with van der Waals surface area (Å²) < 4.78 is 0. The Balaban J connectivity index is 2.16. The summed E-state index contributed by atoms with van der Waals surface area (Å²) in [5, 5.41) is 11.6. The quantitative estimate of drug-likeness (QED) is 0.737. The molecule has 0 spiro atoms. The molecule has 1 rings (SSSR count). The number of aliphatic carboxylic acids is 1. The molecule has 18 heavy (non-hydrogen) atoms. The fraction of sp³-hybridized carbons (Fsp3) is 0.846. The van der Waals surface area contributed by atoms with Gasteiger partial charge in [0, 0.05) is 19.6 Å². The zero-order valence-corrected chi connectivity index (χ0v) is 11.5. The van der Waals surface area contributed by atoms with E-state index in [9.17, 15) is 9.59 Å². The summed E-state index contributed by atoms with van der Waals surface area (Å²) in [6.45, 7) is 8.19. The second-order valence-corrected chi connectivity index (χ2v) is 5.47. The van der Waals surface area contributed by atoms with Crippen LogP contribution < -0.4 is 5.32 Å². The predicted molar refractivity (Wildman–Crippen MR) is 69.3 cm³/mol. The maximum absolute atomic E-state index is 11.8. The van der Waals surface area contributed by atoms with Gasteiger partial charge in [0.25, 0.3) is 0 Å². The average molecular weight is 256 g/mol. The molecule has 0 bridgehead atoms. The molecule has 2 N–H and O–H groups in total. The van der Waals surface area contributed by atoms with Crippen LogP contribution >= 0.6 is 0 Å². The second-order valence-electron chi connectivity index (χ2n) is 5.47. The summed E-state index contributed by atoms with van der Waals surface area (Å²) >= 11 is 0. The van der Waals surface area contributed by atoms with E-state index in [4.69, 9.17) is 5.11 Å².